The van der Waals surface area contributed by atoms with E-state index in [1.807, 2.05) is 30.3 Å². The molecule has 112 valence electrons. The molecule has 1 aliphatic carbocycles. The van der Waals surface area contributed by atoms with Crippen molar-refractivity contribution in [3.63, 3.8) is 0 Å². The van der Waals surface area contributed by atoms with Gasteiger partial charge in [0.05, 0.1) is 0 Å². The van der Waals surface area contributed by atoms with E-state index < -0.39 is 0 Å². The summed E-state index contributed by atoms with van der Waals surface area (Å²) in [6, 6.07) is 18.3. The average molecular weight is 301 g/mol. The van der Waals surface area contributed by atoms with Crippen molar-refractivity contribution in [2.75, 3.05) is 0 Å². The molecule has 0 aromatic heterocycles. The number of fused-ring (bicyclic) bond motifs is 1. The standard InChI is InChI=1S/C14H20.C6H5Cl/c1-10-11-8-6-7-9-12(11)14(4,5)13(10,2)3;7-6-4-2-1-3-5-6/h6-10H,1-5H3;1-5H. The molecule has 0 saturated carbocycles. The third kappa shape index (κ3) is 2.87. The summed E-state index contributed by atoms with van der Waals surface area (Å²) in [4.78, 5) is 0. The Kier molecular flexibility index (Phi) is 4.49. The van der Waals surface area contributed by atoms with Crippen LogP contribution in [0.15, 0.2) is 54.6 Å². The Balaban J connectivity index is 0.000000194. The van der Waals surface area contributed by atoms with Crippen molar-refractivity contribution in [2.24, 2.45) is 5.41 Å². The van der Waals surface area contributed by atoms with Crippen molar-refractivity contribution in [3.05, 3.63) is 70.7 Å². The summed E-state index contributed by atoms with van der Waals surface area (Å²) in [5, 5.41) is 0.794. The molecule has 21 heavy (non-hydrogen) atoms. The molecule has 0 radical (unpaired) electrons. The van der Waals surface area contributed by atoms with Crippen molar-refractivity contribution in [1.82, 2.24) is 0 Å². The van der Waals surface area contributed by atoms with E-state index in [2.05, 4.69) is 58.9 Å². The van der Waals surface area contributed by atoms with Crippen molar-refractivity contribution >= 4 is 11.6 Å². The van der Waals surface area contributed by atoms with Gasteiger partial charge in [-0.1, -0.05) is 88.7 Å². The summed E-state index contributed by atoms with van der Waals surface area (Å²) in [6.07, 6.45) is 0. The number of rotatable bonds is 0. The van der Waals surface area contributed by atoms with Crippen LogP contribution in [-0.2, 0) is 5.41 Å². The first-order valence-corrected chi connectivity index (χ1v) is 7.96. The Bertz CT molecular complexity index is 596. The lowest BCUT2D eigenvalue weighted by Gasteiger charge is -2.38. The molecule has 1 heteroatoms. The molecule has 3 rings (SSSR count). The van der Waals surface area contributed by atoms with Crippen molar-refractivity contribution in [1.29, 1.82) is 0 Å². The maximum Gasteiger partial charge on any atom is 0.0405 e. The fourth-order valence-corrected chi connectivity index (χ4v) is 3.28. The molecule has 0 saturated heterocycles. The van der Waals surface area contributed by atoms with Crippen LogP contribution in [0.3, 0.4) is 0 Å². The van der Waals surface area contributed by atoms with Gasteiger partial charge >= 0.3 is 0 Å². The zero-order valence-electron chi connectivity index (χ0n) is 13.7. The van der Waals surface area contributed by atoms with Gasteiger partial charge in [0.15, 0.2) is 0 Å². The lowest BCUT2D eigenvalue weighted by Crippen LogP contribution is -2.33. The van der Waals surface area contributed by atoms with Crippen LogP contribution in [0.25, 0.3) is 0 Å². The van der Waals surface area contributed by atoms with E-state index in [0.29, 0.717) is 16.7 Å². The monoisotopic (exact) mass is 300 g/mol. The topological polar surface area (TPSA) is 0 Å². The summed E-state index contributed by atoms with van der Waals surface area (Å²) in [5.41, 5.74) is 3.74. The molecule has 1 atom stereocenters. The predicted octanol–water partition coefficient (Wildman–Crippen LogP) is 6.45. The molecular weight excluding hydrogens is 276 g/mol. The predicted molar refractivity (Wildman–Crippen MR) is 93.1 cm³/mol. The van der Waals surface area contributed by atoms with E-state index in [4.69, 9.17) is 11.6 Å². The van der Waals surface area contributed by atoms with Crippen LogP contribution in [0.5, 0.6) is 0 Å². The Morgan fingerprint density at radius 3 is 1.81 bits per heavy atom. The van der Waals surface area contributed by atoms with Crippen LogP contribution < -0.4 is 0 Å². The first-order valence-electron chi connectivity index (χ1n) is 7.58. The maximum absolute atomic E-state index is 5.54. The van der Waals surface area contributed by atoms with Crippen LogP contribution in [0.2, 0.25) is 5.02 Å². The third-order valence-electron chi connectivity index (χ3n) is 5.53. The Hall–Kier alpha value is -1.27. The maximum atomic E-state index is 5.54. The molecule has 1 unspecified atom stereocenters. The summed E-state index contributed by atoms with van der Waals surface area (Å²) >= 11 is 5.54. The number of benzene rings is 2. The van der Waals surface area contributed by atoms with Crippen LogP contribution in [0.1, 0.15) is 51.7 Å². The van der Waals surface area contributed by atoms with E-state index in [1.54, 1.807) is 5.56 Å². The normalized spacial score (nSPS) is 21.1. The minimum atomic E-state index is 0.295. The van der Waals surface area contributed by atoms with Gasteiger partial charge < -0.3 is 0 Å². The van der Waals surface area contributed by atoms with Crippen molar-refractivity contribution < 1.29 is 0 Å². The van der Waals surface area contributed by atoms with E-state index in [-0.39, 0.29) is 0 Å². The highest BCUT2D eigenvalue weighted by Crippen LogP contribution is 2.57. The second-order valence-corrected chi connectivity index (χ2v) is 7.39. The molecular formula is C20H25Cl. The van der Waals surface area contributed by atoms with E-state index in [1.165, 1.54) is 5.56 Å². The van der Waals surface area contributed by atoms with Crippen molar-refractivity contribution in [2.45, 2.75) is 46.0 Å². The fourth-order valence-electron chi connectivity index (χ4n) is 3.14. The summed E-state index contributed by atoms with van der Waals surface area (Å²) in [7, 11) is 0. The van der Waals surface area contributed by atoms with Gasteiger partial charge in [0, 0.05) is 5.02 Å². The highest BCUT2D eigenvalue weighted by Gasteiger charge is 2.49. The first-order chi connectivity index (χ1) is 9.78. The van der Waals surface area contributed by atoms with Gasteiger partial charge in [-0.3, -0.25) is 0 Å². The minimum Gasteiger partial charge on any atom is -0.0843 e. The van der Waals surface area contributed by atoms with Crippen LogP contribution >= 0.6 is 11.6 Å². The molecule has 0 aliphatic heterocycles. The van der Waals surface area contributed by atoms with Gasteiger partial charge in [0.1, 0.15) is 0 Å². The highest BCUT2D eigenvalue weighted by atomic mass is 35.5. The summed E-state index contributed by atoms with van der Waals surface area (Å²) in [6.45, 7) is 11.9. The molecule has 0 bridgehead atoms. The van der Waals surface area contributed by atoms with E-state index in [0.717, 1.165) is 5.02 Å². The van der Waals surface area contributed by atoms with Crippen LogP contribution in [0.4, 0.5) is 0 Å². The van der Waals surface area contributed by atoms with Crippen LogP contribution in [0, 0.1) is 5.41 Å². The lowest BCUT2D eigenvalue weighted by molar-refractivity contribution is 0.190. The molecule has 0 heterocycles. The largest absolute Gasteiger partial charge is 0.0843 e. The minimum absolute atomic E-state index is 0.295. The SMILES string of the molecule is CC1c2ccccc2C(C)(C)C1(C)C.Clc1ccccc1. The fraction of sp³-hybridized carbons (Fsp3) is 0.400. The molecule has 0 N–H and O–H groups in total. The molecule has 2 aromatic rings. The van der Waals surface area contributed by atoms with E-state index >= 15 is 0 Å². The number of hydrogen-bond acceptors (Lipinski definition) is 0. The van der Waals surface area contributed by atoms with Gasteiger partial charge in [-0.2, -0.15) is 0 Å². The van der Waals surface area contributed by atoms with Crippen molar-refractivity contribution in [3.8, 4) is 0 Å². The summed E-state index contributed by atoms with van der Waals surface area (Å²) < 4.78 is 0. The smallest absolute Gasteiger partial charge is 0.0405 e. The Labute approximate surface area is 134 Å². The van der Waals surface area contributed by atoms with Gasteiger partial charge in [0.2, 0.25) is 0 Å². The molecule has 0 fully saturated rings. The molecule has 0 spiro atoms. The Morgan fingerprint density at radius 2 is 1.33 bits per heavy atom. The molecule has 1 aliphatic rings. The number of hydrogen-bond donors (Lipinski definition) is 0. The van der Waals surface area contributed by atoms with Gasteiger partial charge in [-0.15, -0.1) is 0 Å². The molecule has 0 amide bonds. The Morgan fingerprint density at radius 1 is 0.810 bits per heavy atom. The summed E-state index contributed by atoms with van der Waals surface area (Å²) in [5.74, 6) is 0.661. The lowest BCUT2D eigenvalue weighted by atomic mass is 9.65. The zero-order valence-corrected chi connectivity index (χ0v) is 14.4. The highest BCUT2D eigenvalue weighted by molar-refractivity contribution is 6.30. The van der Waals surface area contributed by atoms with Crippen LogP contribution in [-0.4, -0.2) is 0 Å². The van der Waals surface area contributed by atoms with Gasteiger partial charge in [-0.25, -0.2) is 0 Å². The second kappa shape index (κ2) is 5.85. The molecule has 0 nitrogen and oxygen atoms in total. The van der Waals surface area contributed by atoms with E-state index in [9.17, 15) is 0 Å². The number of halogens is 1. The second-order valence-electron chi connectivity index (χ2n) is 6.95. The van der Waals surface area contributed by atoms with Gasteiger partial charge in [0.25, 0.3) is 0 Å². The van der Waals surface area contributed by atoms with Gasteiger partial charge in [-0.05, 0) is 40.0 Å². The first kappa shape index (κ1) is 16.1. The quantitative estimate of drug-likeness (QED) is 0.524. The zero-order chi connectivity index (χ0) is 15.7. The third-order valence-corrected chi connectivity index (χ3v) is 5.78. The average Bonchev–Trinajstić information content (AvgIpc) is 2.60. The molecule has 2 aromatic carbocycles.